The lowest BCUT2D eigenvalue weighted by atomic mass is 10.0. The molecule has 1 fully saturated rings. The molecule has 2 amide bonds. The molecule has 2 atom stereocenters. The Kier molecular flexibility index (Phi) is 7.23. The van der Waals surface area contributed by atoms with Gasteiger partial charge < -0.3 is 26.4 Å². The maximum Gasteiger partial charge on any atom is 0.407 e. The molecule has 1 aromatic heterocycles. The second-order valence-electron chi connectivity index (χ2n) is 9.28. The Balaban J connectivity index is 1.85. The van der Waals surface area contributed by atoms with Gasteiger partial charge in [-0.25, -0.2) is 22.9 Å². The summed E-state index contributed by atoms with van der Waals surface area (Å²) in [7, 11) is 0. The molecule has 2 aromatic rings. The highest BCUT2D eigenvalue weighted by Crippen LogP contribution is 2.36. The van der Waals surface area contributed by atoms with Crippen molar-refractivity contribution in [3.8, 4) is 0 Å². The number of carbonyl (C=O) groups is 2. The van der Waals surface area contributed by atoms with Crippen molar-refractivity contribution in [1.29, 1.82) is 0 Å². The number of nitrogens with zero attached hydrogens (tertiary/aromatic N) is 1. The van der Waals surface area contributed by atoms with Gasteiger partial charge in [0, 0.05) is 17.8 Å². The van der Waals surface area contributed by atoms with Crippen LogP contribution in [0.1, 0.15) is 50.9 Å². The zero-order valence-electron chi connectivity index (χ0n) is 19.3. The third kappa shape index (κ3) is 6.52. The Bertz CT molecular complexity index is 1090. The first-order valence-electron chi connectivity index (χ1n) is 10.8. The number of benzene rings is 1. The number of anilines is 3. The van der Waals surface area contributed by atoms with Crippen molar-refractivity contribution in [3.05, 3.63) is 47.3 Å². The zero-order valence-corrected chi connectivity index (χ0v) is 19.3. The van der Waals surface area contributed by atoms with Crippen molar-refractivity contribution < 1.29 is 27.5 Å². The summed E-state index contributed by atoms with van der Waals surface area (Å²) in [5, 5.41) is 8.44. The second kappa shape index (κ2) is 9.78. The number of amides is 2. The van der Waals surface area contributed by atoms with E-state index in [-0.39, 0.29) is 34.8 Å². The molecule has 1 aliphatic rings. The van der Waals surface area contributed by atoms with Gasteiger partial charge in [0.15, 0.2) is 23.3 Å². The first kappa shape index (κ1) is 25.1. The van der Waals surface area contributed by atoms with E-state index in [0.29, 0.717) is 0 Å². The minimum absolute atomic E-state index is 0.0881. The fourth-order valence-electron chi connectivity index (χ4n) is 3.43. The number of hydrogen-bond acceptors (Lipinski definition) is 6. The third-order valence-electron chi connectivity index (χ3n) is 5.14. The number of nitrogens with two attached hydrogens (primary N) is 1. The van der Waals surface area contributed by atoms with Gasteiger partial charge in [-0.15, -0.1) is 0 Å². The van der Waals surface area contributed by atoms with Crippen molar-refractivity contribution in [2.24, 2.45) is 11.7 Å². The monoisotopic (exact) mass is 479 g/mol. The standard InChI is InChI=1S/C23H28F3N5O3/c1-11(28-22(33)34-23(2,3)4)18(12-5-6-12)30-21-17(26)10-14(19(27)32)20(31-21)29-13-7-8-15(24)16(25)9-13/h7-12,18H,5-6H2,1-4H3,(H2,27,32)(H,28,33)(H2,29,30,31)/t11-,18-/m0/s1. The van der Waals surface area contributed by atoms with Gasteiger partial charge in [-0.3, -0.25) is 4.79 Å². The van der Waals surface area contributed by atoms with E-state index in [1.165, 1.54) is 6.07 Å². The Morgan fingerprint density at radius 1 is 1.09 bits per heavy atom. The van der Waals surface area contributed by atoms with Crippen molar-refractivity contribution >= 4 is 29.3 Å². The van der Waals surface area contributed by atoms with E-state index in [1.54, 1.807) is 27.7 Å². The largest absolute Gasteiger partial charge is 0.444 e. The smallest absolute Gasteiger partial charge is 0.407 e. The molecule has 1 aliphatic carbocycles. The molecule has 11 heteroatoms. The van der Waals surface area contributed by atoms with Crippen molar-refractivity contribution in [2.45, 2.75) is 58.2 Å². The first-order valence-corrected chi connectivity index (χ1v) is 10.8. The summed E-state index contributed by atoms with van der Waals surface area (Å²) in [6, 6.07) is 3.10. The minimum atomic E-state index is -1.11. The number of nitrogens with one attached hydrogen (secondary N) is 3. The van der Waals surface area contributed by atoms with Crippen LogP contribution < -0.4 is 21.7 Å². The summed E-state index contributed by atoms with van der Waals surface area (Å²) < 4.78 is 47.0. The minimum Gasteiger partial charge on any atom is -0.444 e. The number of halogens is 3. The van der Waals surface area contributed by atoms with Crippen molar-refractivity contribution in [1.82, 2.24) is 10.3 Å². The van der Waals surface area contributed by atoms with E-state index < -0.39 is 41.1 Å². The van der Waals surface area contributed by atoms with Crippen LogP contribution in [0.3, 0.4) is 0 Å². The fraction of sp³-hybridized carbons (Fsp3) is 0.435. The fourth-order valence-corrected chi connectivity index (χ4v) is 3.43. The van der Waals surface area contributed by atoms with Crippen LogP contribution in [0.15, 0.2) is 24.3 Å². The molecular weight excluding hydrogens is 451 g/mol. The molecule has 1 saturated carbocycles. The Morgan fingerprint density at radius 2 is 1.76 bits per heavy atom. The molecule has 34 heavy (non-hydrogen) atoms. The van der Waals surface area contributed by atoms with Gasteiger partial charge in [0.1, 0.15) is 11.4 Å². The van der Waals surface area contributed by atoms with Crippen LogP contribution in [-0.4, -0.2) is 34.7 Å². The van der Waals surface area contributed by atoms with Gasteiger partial charge in [0.05, 0.1) is 11.6 Å². The van der Waals surface area contributed by atoms with E-state index in [4.69, 9.17) is 10.5 Å². The van der Waals surface area contributed by atoms with E-state index in [0.717, 1.165) is 31.0 Å². The molecule has 184 valence electrons. The topological polar surface area (TPSA) is 118 Å². The average molecular weight is 480 g/mol. The van der Waals surface area contributed by atoms with Crippen LogP contribution in [0.5, 0.6) is 0 Å². The number of carbonyl (C=O) groups excluding carboxylic acids is 2. The summed E-state index contributed by atoms with van der Waals surface area (Å²) in [6.45, 7) is 7.00. The Morgan fingerprint density at radius 3 is 2.32 bits per heavy atom. The first-order chi connectivity index (χ1) is 15.8. The van der Waals surface area contributed by atoms with Crippen LogP contribution in [-0.2, 0) is 4.74 Å². The molecule has 0 bridgehead atoms. The molecule has 8 nitrogen and oxygen atoms in total. The quantitative estimate of drug-likeness (QED) is 0.444. The molecular formula is C23H28F3N5O3. The molecule has 0 unspecified atom stereocenters. The molecule has 0 aliphatic heterocycles. The number of pyridine rings is 1. The molecule has 3 rings (SSSR count). The third-order valence-corrected chi connectivity index (χ3v) is 5.14. The van der Waals surface area contributed by atoms with E-state index in [1.807, 2.05) is 0 Å². The number of primary amides is 1. The number of rotatable bonds is 8. The SMILES string of the molecule is C[C@H](NC(=O)OC(C)(C)C)[C@H](Nc1nc(Nc2ccc(F)c(F)c2)c(C(N)=O)cc1F)C1CC1. The van der Waals surface area contributed by atoms with Gasteiger partial charge >= 0.3 is 6.09 Å². The zero-order chi connectivity index (χ0) is 25.2. The maximum atomic E-state index is 14.9. The summed E-state index contributed by atoms with van der Waals surface area (Å²) in [5.41, 5.74) is 4.50. The summed E-state index contributed by atoms with van der Waals surface area (Å²) in [5.74, 6) is -4.11. The highest BCUT2D eigenvalue weighted by atomic mass is 19.2. The number of alkyl carbamates (subject to hydrolysis) is 1. The molecule has 0 radical (unpaired) electrons. The van der Waals surface area contributed by atoms with Gasteiger partial charge in [0.25, 0.3) is 5.91 Å². The van der Waals surface area contributed by atoms with Crippen molar-refractivity contribution in [3.63, 3.8) is 0 Å². The lowest BCUT2D eigenvalue weighted by Gasteiger charge is -2.28. The number of hydrogen-bond donors (Lipinski definition) is 4. The Labute approximate surface area is 195 Å². The number of aromatic nitrogens is 1. The normalized spacial score (nSPS) is 15.3. The van der Waals surface area contributed by atoms with E-state index in [2.05, 4.69) is 20.9 Å². The summed E-state index contributed by atoms with van der Waals surface area (Å²) >= 11 is 0. The lowest BCUT2D eigenvalue weighted by Crippen LogP contribution is -2.47. The van der Waals surface area contributed by atoms with E-state index >= 15 is 0 Å². The summed E-state index contributed by atoms with van der Waals surface area (Å²) in [6.07, 6.45) is 1.14. The summed E-state index contributed by atoms with van der Waals surface area (Å²) in [4.78, 5) is 28.2. The van der Waals surface area contributed by atoms with Crippen LogP contribution in [0.2, 0.25) is 0 Å². The van der Waals surface area contributed by atoms with Crippen molar-refractivity contribution in [2.75, 3.05) is 10.6 Å². The molecule has 0 spiro atoms. The van der Waals surface area contributed by atoms with E-state index in [9.17, 15) is 22.8 Å². The Hall–Kier alpha value is -3.50. The van der Waals surface area contributed by atoms with Gasteiger partial charge in [0.2, 0.25) is 0 Å². The molecule has 0 saturated heterocycles. The predicted molar refractivity (Wildman–Crippen MR) is 121 cm³/mol. The van der Waals surface area contributed by atoms with Crippen LogP contribution >= 0.6 is 0 Å². The molecule has 5 N–H and O–H groups in total. The molecule has 1 heterocycles. The van der Waals surface area contributed by atoms with Crippen LogP contribution in [0.4, 0.5) is 35.3 Å². The maximum absolute atomic E-state index is 14.9. The molecule has 1 aromatic carbocycles. The van der Waals surface area contributed by atoms with Gasteiger partial charge in [-0.1, -0.05) is 0 Å². The highest BCUT2D eigenvalue weighted by molar-refractivity contribution is 5.98. The predicted octanol–water partition coefficient (Wildman–Crippen LogP) is 4.45. The average Bonchev–Trinajstić information content (AvgIpc) is 3.54. The van der Waals surface area contributed by atoms with Gasteiger partial charge in [-0.05, 0) is 64.7 Å². The second-order valence-corrected chi connectivity index (χ2v) is 9.28. The van der Waals surface area contributed by atoms with Crippen LogP contribution in [0, 0.1) is 23.4 Å². The number of ether oxygens (including phenoxy) is 1. The van der Waals surface area contributed by atoms with Crippen LogP contribution in [0.25, 0.3) is 0 Å². The highest BCUT2D eigenvalue weighted by Gasteiger charge is 2.37. The lowest BCUT2D eigenvalue weighted by molar-refractivity contribution is 0.0501. The van der Waals surface area contributed by atoms with Gasteiger partial charge in [-0.2, -0.15) is 0 Å².